The molecule has 0 atom stereocenters. The van der Waals surface area contributed by atoms with Crippen LogP contribution in [0.4, 0.5) is 17.3 Å². The van der Waals surface area contributed by atoms with Crippen molar-refractivity contribution in [2.24, 2.45) is 0 Å². The Morgan fingerprint density at radius 3 is 2.67 bits per heavy atom. The van der Waals surface area contributed by atoms with Crippen LogP contribution < -0.4 is 10.6 Å². The van der Waals surface area contributed by atoms with Gasteiger partial charge < -0.3 is 10.6 Å². The minimum Gasteiger partial charge on any atom is -0.324 e. The predicted octanol–water partition coefficient (Wildman–Crippen LogP) is 4.64. The molecule has 2 N–H and O–H groups in total. The van der Waals surface area contributed by atoms with Crippen molar-refractivity contribution in [3.05, 3.63) is 76.6 Å². The van der Waals surface area contributed by atoms with Crippen molar-refractivity contribution >= 4 is 40.6 Å². The summed E-state index contributed by atoms with van der Waals surface area (Å²) in [4.78, 5) is 32.4. The molecule has 7 heteroatoms. The van der Waals surface area contributed by atoms with Gasteiger partial charge in [-0.25, -0.2) is 9.97 Å². The van der Waals surface area contributed by atoms with E-state index < -0.39 is 0 Å². The second-order valence-corrected chi connectivity index (χ2v) is 6.38. The molecule has 0 radical (unpaired) electrons. The molecule has 0 aliphatic carbocycles. The lowest BCUT2D eigenvalue weighted by Gasteiger charge is -2.10. The Morgan fingerprint density at radius 1 is 1.07 bits per heavy atom. The summed E-state index contributed by atoms with van der Waals surface area (Å²) in [6, 6.07) is 13.8. The lowest BCUT2D eigenvalue weighted by Crippen LogP contribution is -2.15. The molecule has 1 heterocycles. The first-order valence-corrected chi connectivity index (χ1v) is 8.59. The van der Waals surface area contributed by atoms with Crippen LogP contribution in [0, 0.1) is 6.92 Å². The molecule has 0 aliphatic heterocycles. The number of nitrogens with zero attached hydrogens (tertiary/aromatic N) is 2. The molecule has 0 saturated heterocycles. The van der Waals surface area contributed by atoms with Gasteiger partial charge >= 0.3 is 0 Å². The minimum absolute atomic E-state index is 0.0374. The van der Waals surface area contributed by atoms with Gasteiger partial charge in [-0.2, -0.15) is 0 Å². The fraction of sp³-hybridized carbons (Fsp3) is 0.100. The van der Waals surface area contributed by atoms with Crippen molar-refractivity contribution in [2.45, 2.75) is 13.8 Å². The molecule has 0 unspecified atom stereocenters. The Kier molecular flexibility index (Phi) is 5.47. The molecule has 3 aromatic rings. The maximum Gasteiger partial charge on any atom is 0.274 e. The summed E-state index contributed by atoms with van der Waals surface area (Å²) in [6.45, 7) is 3.37. The maximum absolute atomic E-state index is 12.5. The van der Waals surface area contributed by atoms with E-state index in [1.54, 1.807) is 36.4 Å². The summed E-state index contributed by atoms with van der Waals surface area (Å²) in [5, 5.41) is 6.33. The van der Waals surface area contributed by atoms with Crippen LogP contribution in [0.1, 0.15) is 33.3 Å². The number of anilines is 3. The number of benzene rings is 2. The van der Waals surface area contributed by atoms with E-state index in [1.807, 2.05) is 13.0 Å². The van der Waals surface area contributed by atoms with E-state index in [2.05, 4.69) is 20.6 Å². The van der Waals surface area contributed by atoms with Gasteiger partial charge in [-0.3, -0.25) is 9.59 Å². The topological polar surface area (TPSA) is 84.0 Å². The average Bonchev–Trinajstić information content (AvgIpc) is 2.65. The highest BCUT2D eigenvalue weighted by molar-refractivity contribution is 6.31. The van der Waals surface area contributed by atoms with Crippen LogP contribution in [0.5, 0.6) is 0 Å². The highest BCUT2D eigenvalue weighted by atomic mass is 35.5. The third kappa shape index (κ3) is 4.68. The lowest BCUT2D eigenvalue weighted by molar-refractivity contribution is 0.101. The summed E-state index contributed by atoms with van der Waals surface area (Å²) < 4.78 is 0. The molecule has 6 nitrogen and oxygen atoms in total. The van der Waals surface area contributed by atoms with Crippen molar-refractivity contribution in [1.29, 1.82) is 0 Å². The van der Waals surface area contributed by atoms with Crippen LogP contribution in [-0.4, -0.2) is 21.7 Å². The number of amides is 1. The number of halogens is 1. The van der Waals surface area contributed by atoms with Crippen molar-refractivity contribution in [2.75, 3.05) is 10.6 Å². The van der Waals surface area contributed by atoms with Gasteiger partial charge in [0.15, 0.2) is 5.78 Å². The van der Waals surface area contributed by atoms with Gasteiger partial charge in [0.25, 0.3) is 5.91 Å². The van der Waals surface area contributed by atoms with Crippen LogP contribution in [-0.2, 0) is 0 Å². The first-order chi connectivity index (χ1) is 12.9. The van der Waals surface area contributed by atoms with E-state index in [-0.39, 0.29) is 23.3 Å². The first-order valence-electron chi connectivity index (χ1n) is 8.21. The summed E-state index contributed by atoms with van der Waals surface area (Å²) >= 11 is 5.99. The Bertz CT molecular complexity index is 1020. The highest BCUT2D eigenvalue weighted by Crippen LogP contribution is 2.21. The fourth-order valence-electron chi connectivity index (χ4n) is 2.41. The van der Waals surface area contributed by atoms with E-state index in [0.29, 0.717) is 22.0 Å². The second kappa shape index (κ2) is 7.97. The van der Waals surface area contributed by atoms with Crippen molar-refractivity contribution in [3.8, 4) is 0 Å². The molecule has 3 rings (SSSR count). The number of nitrogens with one attached hydrogen (secondary N) is 2. The van der Waals surface area contributed by atoms with Crippen LogP contribution >= 0.6 is 11.6 Å². The van der Waals surface area contributed by atoms with Crippen LogP contribution in [0.3, 0.4) is 0 Å². The Labute approximate surface area is 161 Å². The molecule has 0 saturated carbocycles. The fourth-order valence-corrected chi connectivity index (χ4v) is 2.58. The number of rotatable bonds is 5. The molecule has 1 aromatic heterocycles. The zero-order chi connectivity index (χ0) is 19.4. The molecule has 27 heavy (non-hydrogen) atoms. The number of hydrogen-bond donors (Lipinski definition) is 2. The van der Waals surface area contributed by atoms with Gasteiger partial charge in [-0.15, -0.1) is 0 Å². The van der Waals surface area contributed by atoms with Crippen molar-refractivity contribution in [1.82, 2.24) is 9.97 Å². The van der Waals surface area contributed by atoms with Crippen molar-refractivity contribution in [3.63, 3.8) is 0 Å². The first kappa shape index (κ1) is 18.5. The largest absolute Gasteiger partial charge is 0.324 e. The van der Waals surface area contributed by atoms with Gasteiger partial charge in [0.1, 0.15) is 5.69 Å². The Morgan fingerprint density at radius 2 is 1.89 bits per heavy atom. The van der Waals surface area contributed by atoms with E-state index in [1.165, 1.54) is 19.2 Å². The average molecular weight is 381 g/mol. The quantitative estimate of drug-likeness (QED) is 0.630. The molecule has 136 valence electrons. The number of aryl methyl sites for hydroxylation is 1. The molecule has 2 aromatic carbocycles. The van der Waals surface area contributed by atoms with E-state index in [4.69, 9.17) is 11.6 Å². The van der Waals surface area contributed by atoms with Crippen LogP contribution in [0.25, 0.3) is 0 Å². The van der Waals surface area contributed by atoms with Crippen LogP contribution in [0.15, 0.2) is 54.7 Å². The number of hydrogen-bond acceptors (Lipinski definition) is 5. The van der Waals surface area contributed by atoms with Gasteiger partial charge in [0, 0.05) is 28.2 Å². The Balaban J connectivity index is 1.79. The molecule has 0 fully saturated rings. The molecular weight excluding hydrogens is 364 g/mol. The van der Waals surface area contributed by atoms with Crippen molar-refractivity contribution < 1.29 is 9.59 Å². The van der Waals surface area contributed by atoms with Gasteiger partial charge in [-0.05, 0) is 49.7 Å². The number of aromatic nitrogens is 2. The van der Waals surface area contributed by atoms with E-state index in [9.17, 15) is 9.59 Å². The maximum atomic E-state index is 12.5. The third-order valence-corrected chi connectivity index (χ3v) is 4.10. The zero-order valence-corrected chi connectivity index (χ0v) is 15.5. The second-order valence-electron chi connectivity index (χ2n) is 5.94. The van der Waals surface area contributed by atoms with E-state index in [0.717, 1.165) is 5.56 Å². The molecule has 0 bridgehead atoms. The zero-order valence-electron chi connectivity index (χ0n) is 14.8. The lowest BCUT2D eigenvalue weighted by atomic mass is 10.1. The predicted molar refractivity (Wildman–Crippen MR) is 106 cm³/mol. The van der Waals surface area contributed by atoms with E-state index >= 15 is 0 Å². The van der Waals surface area contributed by atoms with Gasteiger partial charge in [0.05, 0.1) is 0 Å². The minimum atomic E-state index is -0.372. The number of ketones is 1. The van der Waals surface area contributed by atoms with Gasteiger partial charge in [-0.1, -0.05) is 29.8 Å². The normalized spacial score (nSPS) is 10.3. The molecule has 0 spiro atoms. The highest BCUT2D eigenvalue weighted by Gasteiger charge is 2.11. The Hall–Kier alpha value is -3.25. The van der Waals surface area contributed by atoms with Gasteiger partial charge in [0.2, 0.25) is 5.95 Å². The number of Topliss-reactive ketones (excluding diaryl/α,β-unsaturated/α-hetero) is 1. The summed E-state index contributed by atoms with van der Waals surface area (Å²) in [6.07, 6.45) is 1.49. The summed E-state index contributed by atoms with van der Waals surface area (Å²) in [5.41, 5.74) is 2.95. The monoisotopic (exact) mass is 380 g/mol. The van der Waals surface area contributed by atoms with Crippen LogP contribution in [0.2, 0.25) is 5.02 Å². The molecule has 1 amide bonds. The molecular formula is C20H17ClN4O2. The number of carbonyl (C=O) groups excluding carboxylic acids is 2. The smallest absolute Gasteiger partial charge is 0.274 e. The third-order valence-electron chi connectivity index (χ3n) is 3.86. The SMILES string of the molecule is CC(=O)c1cccc(Nc2nccc(C(=O)Nc3cc(Cl)ccc3C)n2)c1. The standard InChI is InChI=1S/C20H17ClN4O2/c1-12-6-7-15(21)11-18(12)24-19(27)17-8-9-22-20(25-17)23-16-5-3-4-14(10-16)13(2)26/h3-11H,1-2H3,(H,24,27)(H,22,23,25). The molecule has 0 aliphatic rings. The summed E-state index contributed by atoms with van der Waals surface area (Å²) in [7, 11) is 0. The number of carbonyl (C=O) groups is 2. The summed E-state index contributed by atoms with van der Waals surface area (Å²) in [5.74, 6) is -0.154.